The van der Waals surface area contributed by atoms with Gasteiger partial charge in [-0.1, -0.05) is 0 Å². The lowest BCUT2D eigenvalue weighted by atomic mass is 10.1. The number of sulfonamides is 1. The van der Waals surface area contributed by atoms with Gasteiger partial charge in [-0.25, -0.2) is 13.1 Å². The zero-order valence-electron chi connectivity index (χ0n) is 9.59. The molecule has 0 aromatic rings. The minimum Gasteiger partial charge on any atom is -0.215 e. The van der Waals surface area contributed by atoms with Crippen LogP contribution in [0.4, 0.5) is 0 Å². The number of hydrogen-bond acceptors (Lipinski definition) is 2. The Morgan fingerprint density at radius 1 is 1.33 bits per heavy atom. The van der Waals surface area contributed by atoms with Crippen LogP contribution < -0.4 is 4.72 Å². The van der Waals surface area contributed by atoms with Crippen molar-refractivity contribution in [3.63, 3.8) is 0 Å². The van der Waals surface area contributed by atoms with Crippen molar-refractivity contribution in [3.8, 4) is 0 Å². The van der Waals surface area contributed by atoms with Gasteiger partial charge < -0.3 is 0 Å². The van der Waals surface area contributed by atoms with Crippen LogP contribution >= 0.6 is 11.6 Å². The molecule has 0 aliphatic heterocycles. The molecule has 0 aromatic carbocycles. The number of hydrogen-bond donors (Lipinski definition) is 1. The van der Waals surface area contributed by atoms with E-state index in [0.29, 0.717) is 12.5 Å². The molecule has 1 fully saturated rings. The van der Waals surface area contributed by atoms with Crippen molar-refractivity contribution in [1.29, 1.82) is 0 Å². The van der Waals surface area contributed by atoms with Gasteiger partial charge in [0, 0.05) is 11.9 Å². The summed E-state index contributed by atoms with van der Waals surface area (Å²) in [6.45, 7) is 5.64. The number of nitrogens with one attached hydrogen (secondary N) is 1. The summed E-state index contributed by atoms with van der Waals surface area (Å²) in [6.07, 6.45) is 2.96. The highest BCUT2D eigenvalue weighted by Gasteiger charge is 2.30. The Kier molecular flexibility index (Phi) is 4.07. The molecule has 0 saturated heterocycles. The van der Waals surface area contributed by atoms with E-state index in [0.717, 1.165) is 19.3 Å². The molecule has 0 radical (unpaired) electrons. The second kappa shape index (κ2) is 4.60. The molecular formula is C10H20ClNO2S. The smallest absolute Gasteiger partial charge is 0.215 e. The highest BCUT2D eigenvalue weighted by molar-refractivity contribution is 7.90. The Morgan fingerprint density at radius 2 is 1.93 bits per heavy atom. The number of halogens is 1. The molecule has 15 heavy (non-hydrogen) atoms. The summed E-state index contributed by atoms with van der Waals surface area (Å²) >= 11 is 5.97. The van der Waals surface area contributed by atoms with Crippen molar-refractivity contribution < 1.29 is 8.42 Å². The molecule has 2 atom stereocenters. The summed E-state index contributed by atoms with van der Waals surface area (Å²) in [5, 5.41) is 0.231. The van der Waals surface area contributed by atoms with Crippen molar-refractivity contribution in [1.82, 2.24) is 4.72 Å². The van der Waals surface area contributed by atoms with E-state index in [-0.39, 0.29) is 5.38 Å². The average molecular weight is 254 g/mol. The fourth-order valence-electron chi connectivity index (χ4n) is 1.64. The zero-order valence-corrected chi connectivity index (χ0v) is 11.2. The lowest BCUT2D eigenvalue weighted by Gasteiger charge is -2.21. The number of alkyl halides is 1. The maximum atomic E-state index is 11.7. The third-order valence-corrected chi connectivity index (χ3v) is 5.40. The first-order valence-electron chi connectivity index (χ1n) is 5.35. The molecule has 0 heterocycles. The maximum Gasteiger partial charge on any atom is 0.216 e. The Labute approximate surface area is 97.6 Å². The summed E-state index contributed by atoms with van der Waals surface area (Å²) in [5.41, 5.74) is 0. The monoisotopic (exact) mass is 253 g/mol. The minimum atomic E-state index is -3.20. The predicted octanol–water partition coefficient (Wildman–Crippen LogP) is 2.11. The molecule has 0 aromatic heterocycles. The van der Waals surface area contributed by atoms with Gasteiger partial charge in [0.05, 0.1) is 4.75 Å². The van der Waals surface area contributed by atoms with Gasteiger partial charge in [-0.05, 0) is 46.0 Å². The first-order chi connectivity index (χ1) is 6.72. The van der Waals surface area contributed by atoms with Crippen LogP contribution in [0, 0.1) is 5.92 Å². The van der Waals surface area contributed by atoms with Gasteiger partial charge >= 0.3 is 0 Å². The SMILES string of the molecule is CC(C)(C)S(=O)(=O)NCC1CCC(Cl)C1. The van der Waals surface area contributed by atoms with Crippen LogP contribution in [0.5, 0.6) is 0 Å². The molecule has 90 valence electrons. The summed E-state index contributed by atoms with van der Waals surface area (Å²) in [5.74, 6) is 0.407. The largest absolute Gasteiger partial charge is 0.216 e. The third kappa shape index (κ3) is 3.61. The van der Waals surface area contributed by atoms with E-state index in [1.165, 1.54) is 0 Å². The highest BCUT2D eigenvalue weighted by atomic mass is 35.5. The van der Waals surface area contributed by atoms with Crippen molar-refractivity contribution in [2.75, 3.05) is 6.54 Å². The van der Waals surface area contributed by atoms with Crippen LogP contribution in [0.2, 0.25) is 0 Å². The molecule has 1 N–H and O–H groups in total. The van der Waals surface area contributed by atoms with Gasteiger partial charge in [0.15, 0.2) is 0 Å². The molecule has 0 bridgehead atoms. The fourth-order valence-corrected chi connectivity index (χ4v) is 2.91. The molecule has 0 spiro atoms. The molecule has 3 nitrogen and oxygen atoms in total. The second-order valence-electron chi connectivity index (χ2n) is 5.24. The molecule has 1 saturated carbocycles. The van der Waals surface area contributed by atoms with Gasteiger partial charge in [-0.15, -0.1) is 11.6 Å². The fraction of sp³-hybridized carbons (Fsp3) is 1.00. The Balaban J connectivity index is 2.44. The lowest BCUT2D eigenvalue weighted by Crippen LogP contribution is -2.41. The van der Waals surface area contributed by atoms with Gasteiger partial charge in [-0.2, -0.15) is 0 Å². The van der Waals surface area contributed by atoms with Gasteiger partial charge in [-0.3, -0.25) is 0 Å². The van der Waals surface area contributed by atoms with Crippen molar-refractivity contribution in [2.24, 2.45) is 5.92 Å². The Morgan fingerprint density at radius 3 is 2.33 bits per heavy atom. The van der Waals surface area contributed by atoms with E-state index in [2.05, 4.69) is 4.72 Å². The Hall–Kier alpha value is 0.200. The van der Waals surface area contributed by atoms with E-state index in [9.17, 15) is 8.42 Å². The van der Waals surface area contributed by atoms with E-state index >= 15 is 0 Å². The summed E-state index contributed by atoms with van der Waals surface area (Å²) in [7, 11) is -3.20. The molecule has 5 heteroatoms. The van der Waals surface area contributed by atoms with Gasteiger partial charge in [0.25, 0.3) is 0 Å². The third-order valence-electron chi connectivity index (χ3n) is 2.85. The first-order valence-corrected chi connectivity index (χ1v) is 7.27. The molecule has 1 aliphatic rings. The van der Waals surface area contributed by atoms with Crippen molar-refractivity contribution in [2.45, 2.75) is 50.2 Å². The predicted molar refractivity (Wildman–Crippen MR) is 63.7 cm³/mol. The standard InChI is InChI=1S/C10H20ClNO2S/c1-10(2,3)15(13,14)12-7-8-4-5-9(11)6-8/h8-9,12H,4-7H2,1-3H3. The van der Waals surface area contributed by atoms with Crippen LogP contribution in [-0.2, 0) is 10.0 Å². The minimum absolute atomic E-state index is 0.231. The van der Waals surface area contributed by atoms with Crippen molar-refractivity contribution in [3.05, 3.63) is 0 Å². The van der Waals surface area contributed by atoms with Gasteiger partial charge in [0.2, 0.25) is 10.0 Å². The van der Waals surface area contributed by atoms with E-state index in [1.807, 2.05) is 0 Å². The average Bonchev–Trinajstić information content (AvgIpc) is 2.46. The zero-order chi connectivity index (χ0) is 11.7. The molecular weight excluding hydrogens is 234 g/mol. The topological polar surface area (TPSA) is 46.2 Å². The molecule has 0 amide bonds. The van der Waals surface area contributed by atoms with E-state index in [4.69, 9.17) is 11.6 Å². The first kappa shape index (κ1) is 13.3. The van der Waals surface area contributed by atoms with Crippen molar-refractivity contribution >= 4 is 21.6 Å². The summed E-state index contributed by atoms with van der Waals surface area (Å²) < 4.78 is 25.4. The van der Waals surface area contributed by atoms with E-state index < -0.39 is 14.8 Å². The van der Waals surface area contributed by atoms with Gasteiger partial charge in [0.1, 0.15) is 0 Å². The summed E-state index contributed by atoms with van der Waals surface area (Å²) in [6, 6.07) is 0. The van der Waals surface area contributed by atoms with Crippen LogP contribution in [0.15, 0.2) is 0 Å². The highest BCUT2D eigenvalue weighted by Crippen LogP contribution is 2.29. The van der Waals surface area contributed by atoms with Crippen LogP contribution in [0.3, 0.4) is 0 Å². The maximum absolute atomic E-state index is 11.7. The normalized spacial score (nSPS) is 28.3. The summed E-state index contributed by atoms with van der Waals surface area (Å²) in [4.78, 5) is 0. The number of rotatable bonds is 3. The molecule has 2 unspecified atom stereocenters. The van der Waals surface area contributed by atoms with Crippen LogP contribution in [-0.4, -0.2) is 25.1 Å². The quantitative estimate of drug-likeness (QED) is 0.783. The Bertz CT molecular complexity index is 308. The molecule has 1 rings (SSSR count). The second-order valence-corrected chi connectivity index (χ2v) is 8.38. The van der Waals surface area contributed by atoms with Crippen LogP contribution in [0.25, 0.3) is 0 Å². The lowest BCUT2D eigenvalue weighted by molar-refractivity contribution is 0.504. The molecule has 1 aliphatic carbocycles. The van der Waals surface area contributed by atoms with Crippen LogP contribution in [0.1, 0.15) is 40.0 Å². The van der Waals surface area contributed by atoms with E-state index in [1.54, 1.807) is 20.8 Å².